The van der Waals surface area contributed by atoms with Gasteiger partial charge in [-0.05, 0) is 90.8 Å². The number of nitrogens with zero attached hydrogens (tertiary/aromatic N) is 3. The number of piperidine rings is 1. The summed E-state index contributed by atoms with van der Waals surface area (Å²) in [4.78, 5) is 57.3. The molecule has 1 saturated heterocycles. The van der Waals surface area contributed by atoms with Gasteiger partial charge in [-0.15, -0.1) is 0 Å². The molecule has 1 aromatic heterocycles. The maximum atomic E-state index is 13.0. The normalized spacial score (nSPS) is 13.8. The van der Waals surface area contributed by atoms with E-state index in [2.05, 4.69) is 54.4 Å². The molecule has 0 bridgehead atoms. The van der Waals surface area contributed by atoms with E-state index in [9.17, 15) is 24.3 Å². The fraction of sp³-hybridized carbons (Fsp3) is 0.400. The van der Waals surface area contributed by atoms with Gasteiger partial charge in [0.15, 0.2) is 0 Å². The van der Waals surface area contributed by atoms with Crippen molar-refractivity contribution >= 4 is 48.5 Å². The van der Waals surface area contributed by atoms with Gasteiger partial charge in [-0.1, -0.05) is 87.5 Å². The molecule has 0 saturated carbocycles. The molecule has 1 aliphatic heterocycles. The number of aromatic nitrogens is 1. The van der Waals surface area contributed by atoms with Gasteiger partial charge >= 0.3 is 6.09 Å². The number of nitrogens with one attached hydrogen (secondary N) is 3. The lowest BCUT2D eigenvalue weighted by atomic mass is 10.0. The summed E-state index contributed by atoms with van der Waals surface area (Å²) in [5, 5.41) is 19.1. The molecule has 0 radical (unpaired) electrons. The zero-order valence-electron chi connectivity index (χ0n) is 38.1. The number of hydroxylamine groups is 2. The SMILES string of the molecule is CN(CCCC(=O)Nc1ccc(CN(CCc2ccc(O)c3[nH]c(=O)ccc23)O[Si](C)(C)C(C)(C)C)cc1)C(=O)CCN1CCC(OC(=O)Nc2ccccc2-c2ccccc2)CC1. The van der Waals surface area contributed by atoms with Gasteiger partial charge in [0.2, 0.25) is 25.7 Å². The lowest BCUT2D eigenvalue weighted by Gasteiger charge is -2.40. The molecule has 1 aliphatic rings. The average Bonchev–Trinajstić information content (AvgIpc) is 3.26. The van der Waals surface area contributed by atoms with Gasteiger partial charge < -0.3 is 34.5 Å². The van der Waals surface area contributed by atoms with E-state index in [1.165, 1.54) is 6.07 Å². The van der Waals surface area contributed by atoms with Crippen LogP contribution in [-0.4, -0.2) is 97.1 Å². The van der Waals surface area contributed by atoms with Gasteiger partial charge in [-0.25, -0.2) is 4.79 Å². The van der Waals surface area contributed by atoms with Gasteiger partial charge in [-0.2, -0.15) is 5.06 Å². The van der Waals surface area contributed by atoms with Crippen molar-refractivity contribution in [3.8, 4) is 16.9 Å². The number of fused-ring (bicyclic) bond motifs is 1. The number of rotatable bonds is 18. The first-order valence-electron chi connectivity index (χ1n) is 22.3. The zero-order chi connectivity index (χ0) is 45.9. The van der Waals surface area contributed by atoms with Crippen molar-refractivity contribution in [3.63, 3.8) is 0 Å². The second kappa shape index (κ2) is 21.7. The number of carbonyl (C=O) groups is 3. The maximum Gasteiger partial charge on any atom is 0.411 e. The number of hydrogen-bond donors (Lipinski definition) is 4. The molecule has 13 nitrogen and oxygen atoms in total. The molecule has 14 heteroatoms. The number of H-pyrrole nitrogens is 1. The summed E-state index contributed by atoms with van der Waals surface area (Å²) in [6, 6.07) is 32.1. The molecule has 0 unspecified atom stereocenters. The molecule has 0 spiro atoms. The predicted molar refractivity (Wildman–Crippen MR) is 257 cm³/mol. The van der Waals surface area contributed by atoms with Crippen LogP contribution in [0.25, 0.3) is 22.0 Å². The van der Waals surface area contributed by atoms with Crippen LogP contribution >= 0.6 is 0 Å². The molecule has 1 fully saturated rings. The molecular weight excluding hydrogens is 825 g/mol. The lowest BCUT2D eigenvalue weighted by molar-refractivity contribution is -0.130. The summed E-state index contributed by atoms with van der Waals surface area (Å²) >= 11 is 0. The van der Waals surface area contributed by atoms with E-state index < -0.39 is 14.4 Å². The van der Waals surface area contributed by atoms with Crippen molar-refractivity contribution in [2.45, 2.75) is 90.1 Å². The highest BCUT2D eigenvalue weighted by Gasteiger charge is 2.39. The summed E-state index contributed by atoms with van der Waals surface area (Å²) < 4.78 is 12.6. The van der Waals surface area contributed by atoms with E-state index >= 15 is 0 Å². The monoisotopic (exact) mass is 888 g/mol. The fourth-order valence-electron chi connectivity index (χ4n) is 7.55. The Hall–Kier alpha value is -5.80. The van der Waals surface area contributed by atoms with E-state index in [-0.39, 0.29) is 40.7 Å². The van der Waals surface area contributed by atoms with Crippen LogP contribution < -0.4 is 16.2 Å². The number of aromatic hydroxyl groups is 1. The Labute approximate surface area is 377 Å². The number of phenolic OH excluding ortho intramolecular Hbond substituents is 1. The van der Waals surface area contributed by atoms with Gasteiger partial charge in [0.05, 0.1) is 11.2 Å². The first-order chi connectivity index (χ1) is 30.5. The molecular formula is C50H64N6O7Si. The molecule has 0 aliphatic carbocycles. The Kier molecular flexibility index (Phi) is 16.2. The van der Waals surface area contributed by atoms with Crippen molar-refractivity contribution in [2.24, 2.45) is 0 Å². The van der Waals surface area contributed by atoms with Crippen LogP contribution in [-0.2, 0) is 31.8 Å². The van der Waals surface area contributed by atoms with E-state index in [0.29, 0.717) is 75.2 Å². The van der Waals surface area contributed by atoms with E-state index in [1.807, 2.05) is 90.0 Å². The number of aromatic amines is 1. The Bertz CT molecular complexity index is 2410. The first-order valence-corrected chi connectivity index (χ1v) is 25.2. The van der Waals surface area contributed by atoms with Gasteiger partial charge in [0, 0.05) is 81.9 Å². The van der Waals surface area contributed by atoms with Crippen molar-refractivity contribution in [2.75, 3.05) is 50.4 Å². The van der Waals surface area contributed by atoms with Crippen LogP contribution in [0.5, 0.6) is 5.75 Å². The van der Waals surface area contributed by atoms with Crippen molar-refractivity contribution in [1.29, 1.82) is 0 Å². The molecule has 3 amide bonds. The maximum absolute atomic E-state index is 13.0. The largest absolute Gasteiger partial charge is 0.506 e. The zero-order valence-corrected chi connectivity index (χ0v) is 39.1. The number of likely N-dealkylation sites (tertiary alicyclic amines) is 1. The summed E-state index contributed by atoms with van der Waals surface area (Å²) in [5.74, 6) is -0.0435. The van der Waals surface area contributed by atoms with Gasteiger partial charge in [-0.3, -0.25) is 19.7 Å². The number of phenols is 1. The second-order valence-corrected chi connectivity index (χ2v) is 22.9. The smallest absolute Gasteiger partial charge is 0.411 e. The Morgan fingerprint density at radius 1 is 0.859 bits per heavy atom. The Balaban J connectivity index is 0.898. The number of anilines is 2. The Morgan fingerprint density at radius 2 is 1.56 bits per heavy atom. The topological polar surface area (TPSA) is 157 Å². The summed E-state index contributed by atoms with van der Waals surface area (Å²) in [5.41, 5.74) is 5.52. The molecule has 4 aromatic carbocycles. The molecule has 64 heavy (non-hydrogen) atoms. The van der Waals surface area contributed by atoms with Crippen LogP contribution in [0.4, 0.5) is 16.2 Å². The molecule has 2 heterocycles. The molecule has 6 rings (SSSR count). The predicted octanol–water partition coefficient (Wildman–Crippen LogP) is 9.16. The minimum atomic E-state index is -2.19. The summed E-state index contributed by atoms with van der Waals surface area (Å²) in [7, 11) is -0.412. The number of benzene rings is 4. The quantitative estimate of drug-likeness (QED) is 0.0498. The second-order valence-electron chi connectivity index (χ2n) is 18.2. The van der Waals surface area contributed by atoms with Gasteiger partial charge in [0.25, 0.3) is 0 Å². The molecule has 4 N–H and O–H groups in total. The highest BCUT2D eigenvalue weighted by atomic mass is 28.4. The van der Waals surface area contributed by atoms with Crippen LogP contribution in [0.3, 0.4) is 0 Å². The van der Waals surface area contributed by atoms with Crippen molar-refractivity contribution < 1.29 is 28.8 Å². The van der Waals surface area contributed by atoms with Crippen molar-refractivity contribution in [3.05, 3.63) is 125 Å². The van der Waals surface area contributed by atoms with E-state index in [0.717, 1.165) is 40.7 Å². The van der Waals surface area contributed by atoms with Crippen molar-refractivity contribution in [1.82, 2.24) is 19.8 Å². The summed E-state index contributed by atoms with van der Waals surface area (Å²) in [6.45, 7) is 14.7. The van der Waals surface area contributed by atoms with E-state index in [4.69, 9.17) is 9.26 Å². The Morgan fingerprint density at radius 3 is 2.28 bits per heavy atom. The number of pyridine rings is 1. The third-order valence-corrected chi connectivity index (χ3v) is 16.7. The average molecular weight is 889 g/mol. The first kappa shape index (κ1) is 47.7. The lowest BCUT2D eigenvalue weighted by Crippen LogP contribution is -2.47. The number of ether oxygens (including phenoxy) is 1. The fourth-order valence-corrected chi connectivity index (χ4v) is 8.62. The van der Waals surface area contributed by atoms with Crippen LogP contribution in [0.15, 0.2) is 108 Å². The number of hydrogen-bond acceptors (Lipinski definition) is 9. The number of para-hydroxylation sites is 1. The highest BCUT2D eigenvalue weighted by Crippen LogP contribution is 2.38. The third kappa shape index (κ3) is 13.4. The molecule has 0 atom stereocenters. The number of carbonyl (C=O) groups excluding carboxylic acids is 3. The minimum absolute atomic E-state index is 0.0124. The molecule has 5 aromatic rings. The van der Waals surface area contributed by atoms with Crippen LogP contribution in [0.2, 0.25) is 18.1 Å². The summed E-state index contributed by atoms with van der Waals surface area (Å²) in [6.07, 6.45) is 2.59. The minimum Gasteiger partial charge on any atom is -0.506 e. The third-order valence-electron chi connectivity index (χ3n) is 12.4. The molecule has 340 valence electrons. The van der Waals surface area contributed by atoms with Gasteiger partial charge in [0.1, 0.15) is 11.9 Å². The van der Waals surface area contributed by atoms with Crippen LogP contribution in [0, 0.1) is 0 Å². The number of amides is 3. The standard InChI is InChI=1S/C50H64N6O7Si/c1-50(2,3)64(5,6)63-56(34-26-38-20-24-44(57)48-42(38)23-25-46(59)53-48)35-36-18-21-39(22-19-36)51-45(58)17-12-30-54(4)47(60)29-33-55-31-27-40(28-32-55)62-49(61)52-43-16-11-10-15-41(43)37-13-8-7-9-14-37/h7-11,13-16,18-25,40,57H,12,17,26-35H2,1-6H3,(H,51,58)(H,52,61)(H,53,59). The highest BCUT2D eigenvalue weighted by molar-refractivity contribution is 6.74. The van der Waals surface area contributed by atoms with Crippen LogP contribution in [0.1, 0.15) is 64.0 Å². The van der Waals surface area contributed by atoms with E-state index in [1.54, 1.807) is 24.1 Å².